The Hall–Kier alpha value is -1.81. The van der Waals surface area contributed by atoms with E-state index in [1.54, 1.807) is 18.2 Å². The van der Waals surface area contributed by atoms with Gasteiger partial charge in [-0.05, 0) is 43.3 Å². The summed E-state index contributed by atoms with van der Waals surface area (Å²) < 4.78 is 25.6. The molecule has 18 heavy (non-hydrogen) atoms. The number of aromatic nitrogens is 1. The first-order valence-electron chi connectivity index (χ1n) is 5.72. The average Bonchev–Trinajstić information content (AvgIpc) is 2.39. The largest absolute Gasteiger partial charge is 0.311 e. The van der Waals surface area contributed by atoms with Crippen molar-refractivity contribution in [2.45, 2.75) is 12.5 Å². The van der Waals surface area contributed by atoms with E-state index in [0.29, 0.717) is 6.42 Å². The van der Waals surface area contributed by atoms with Gasteiger partial charge in [0.15, 0.2) is 0 Å². The first-order valence-corrected chi connectivity index (χ1v) is 5.72. The van der Waals surface area contributed by atoms with E-state index in [1.807, 2.05) is 7.05 Å². The Morgan fingerprint density at radius 3 is 2.28 bits per heavy atom. The van der Waals surface area contributed by atoms with Crippen molar-refractivity contribution < 1.29 is 8.78 Å². The van der Waals surface area contributed by atoms with Crippen LogP contribution in [0.15, 0.2) is 42.6 Å². The number of hydrogen-bond acceptors (Lipinski definition) is 2. The van der Waals surface area contributed by atoms with E-state index in [0.717, 1.165) is 11.3 Å². The van der Waals surface area contributed by atoms with Crippen molar-refractivity contribution in [1.82, 2.24) is 10.3 Å². The zero-order chi connectivity index (χ0) is 13.0. The van der Waals surface area contributed by atoms with Crippen LogP contribution in [-0.2, 0) is 6.42 Å². The van der Waals surface area contributed by atoms with Gasteiger partial charge >= 0.3 is 0 Å². The van der Waals surface area contributed by atoms with Crippen molar-refractivity contribution in [3.05, 3.63) is 65.5 Å². The van der Waals surface area contributed by atoms with Crippen LogP contribution < -0.4 is 5.32 Å². The van der Waals surface area contributed by atoms with Crippen molar-refractivity contribution in [2.24, 2.45) is 0 Å². The summed E-state index contributed by atoms with van der Waals surface area (Å²) in [5.74, 6) is -0.602. The molecule has 4 heteroatoms. The number of nitrogens with zero attached hydrogens (tertiary/aromatic N) is 1. The normalized spacial score (nSPS) is 12.4. The quantitative estimate of drug-likeness (QED) is 0.900. The Morgan fingerprint density at radius 1 is 1.06 bits per heavy atom. The standard InChI is InChI=1S/C14H14F2N2/c1-17-14(13-7-6-12(16)9-18-13)8-10-2-4-11(15)5-3-10/h2-7,9,14,17H,8H2,1H3. The van der Waals surface area contributed by atoms with Crippen LogP contribution in [0.4, 0.5) is 8.78 Å². The second-order valence-corrected chi connectivity index (χ2v) is 4.07. The lowest BCUT2D eigenvalue weighted by atomic mass is 10.0. The van der Waals surface area contributed by atoms with Crippen LogP contribution in [0.25, 0.3) is 0 Å². The molecule has 94 valence electrons. The fourth-order valence-corrected chi connectivity index (χ4v) is 1.80. The Kier molecular flexibility index (Phi) is 3.99. The molecule has 2 aromatic rings. The molecule has 0 amide bonds. The van der Waals surface area contributed by atoms with E-state index in [1.165, 1.54) is 24.4 Å². The highest BCUT2D eigenvalue weighted by molar-refractivity contribution is 5.20. The zero-order valence-corrected chi connectivity index (χ0v) is 10.0. The maximum atomic E-state index is 12.8. The molecule has 0 aliphatic carbocycles. The van der Waals surface area contributed by atoms with Gasteiger partial charge in [-0.2, -0.15) is 0 Å². The van der Waals surface area contributed by atoms with Gasteiger partial charge < -0.3 is 5.32 Å². The Labute approximate surface area is 105 Å². The van der Waals surface area contributed by atoms with Crippen molar-refractivity contribution in [3.8, 4) is 0 Å². The van der Waals surface area contributed by atoms with Gasteiger partial charge in [0.25, 0.3) is 0 Å². The minimum atomic E-state index is -0.351. The van der Waals surface area contributed by atoms with Crippen molar-refractivity contribution >= 4 is 0 Å². The lowest BCUT2D eigenvalue weighted by Crippen LogP contribution is -2.20. The number of rotatable bonds is 4. The molecule has 1 aromatic heterocycles. The van der Waals surface area contributed by atoms with Crippen LogP contribution in [0, 0.1) is 11.6 Å². The van der Waals surface area contributed by atoms with Crippen LogP contribution in [0.2, 0.25) is 0 Å². The fraction of sp³-hybridized carbons (Fsp3) is 0.214. The molecule has 1 aromatic carbocycles. The summed E-state index contributed by atoms with van der Waals surface area (Å²) in [7, 11) is 1.82. The summed E-state index contributed by atoms with van der Waals surface area (Å²) >= 11 is 0. The smallest absolute Gasteiger partial charge is 0.141 e. The van der Waals surface area contributed by atoms with Crippen molar-refractivity contribution in [2.75, 3.05) is 7.05 Å². The monoisotopic (exact) mass is 248 g/mol. The molecule has 0 fully saturated rings. The van der Waals surface area contributed by atoms with Crippen molar-refractivity contribution in [3.63, 3.8) is 0 Å². The van der Waals surface area contributed by atoms with Gasteiger partial charge in [0.2, 0.25) is 0 Å². The molecule has 0 saturated carbocycles. The first kappa shape index (κ1) is 12.6. The third kappa shape index (κ3) is 3.11. The highest BCUT2D eigenvalue weighted by Gasteiger charge is 2.11. The van der Waals surface area contributed by atoms with E-state index in [2.05, 4.69) is 10.3 Å². The predicted octanol–water partition coefficient (Wildman–Crippen LogP) is 2.86. The van der Waals surface area contributed by atoms with Gasteiger partial charge in [0.05, 0.1) is 17.9 Å². The summed E-state index contributed by atoms with van der Waals surface area (Å²) in [4.78, 5) is 4.05. The Balaban J connectivity index is 2.14. The zero-order valence-electron chi connectivity index (χ0n) is 10.0. The maximum Gasteiger partial charge on any atom is 0.141 e. The van der Waals surface area contributed by atoms with Gasteiger partial charge in [-0.3, -0.25) is 4.98 Å². The molecule has 2 rings (SSSR count). The molecule has 0 bridgehead atoms. The number of likely N-dealkylation sites (N-methyl/N-ethyl adjacent to an activating group) is 1. The van der Waals surface area contributed by atoms with Crippen LogP contribution in [0.3, 0.4) is 0 Å². The molecule has 0 spiro atoms. The second kappa shape index (κ2) is 5.69. The molecule has 1 atom stereocenters. The number of hydrogen-bond donors (Lipinski definition) is 1. The number of pyridine rings is 1. The minimum Gasteiger partial charge on any atom is -0.311 e. The van der Waals surface area contributed by atoms with Gasteiger partial charge in [-0.25, -0.2) is 8.78 Å². The molecule has 0 aliphatic heterocycles. The average molecular weight is 248 g/mol. The maximum absolute atomic E-state index is 12.8. The van der Waals surface area contributed by atoms with Gasteiger partial charge in [0.1, 0.15) is 11.6 Å². The number of halogens is 2. The molecule has 0 saturated heterocycles. The predicted molar refractivity (Wildman–Crippen MR) is 66.1 cm³/mol. The van der Waals surface area contributed by atoms with Crippen LogP contribution >= 0.6 is 0 Å². The molecular formula is C14H14F2N2. The molecule has 1 N–H and O–H groups in total. The minimum absolute atomic E-state index is 0.0175. The topological polar surface area (TPSA) is 24.9 Å². The third-order valence-corrected chi connectivity index (χ3v) is 2.81. The highest BCUT2D eigenvalue weighted by Crippen LogP contribution is 2.16. The molecule has 0 aliphatic rings. The summed E-state index contributed by atoms with van der Waals surface area (Å²) in [6.07, 6.45) is 1.87. The third-order valence-electron chi connectivity index (χ3n) is 2.81. The summed E-state index contributed by atoms with van der Waals surface area (Å²) in [6, 6.07) is 9.36. The van der Waals surface area contributed by atoms with Crippen molar-refractivity contribution in [1.29, 1.82) is 0 Å². The van der Waals surface area contributed by atoms with E-state index >= 15 is 0 Å². The van der Waals surface area contributed by atoms with E-state index in [9.17, 15) is 8.78 Å². The molecule has 2 nitrogen and oxygen atoms in total. The van der Waals surface area contributed by atoms with Crippen LogP contribution in [0.1, 0.15) is 17.3 Å². The second-order valence-electron chi connectivity index (χ2n) is 4.07. The Morgan fingerprint density at radius 2 is 1.72 bits per heavy atom. The molecule has 1 heterocycles. The number of nitrogens with one attached hydrogen (secondary N) is 1. The first-order chi connectivity index (χ1) is 8.69. The van der Waals surface area contributed by atoms with E-state index in [-0.39, 0.29) is 17.7 Å². The van der Waals surface area contributed by atoms with E-state index in [4.69, 9.17) is 0 Å². The van der Waals surface area contributed by atoms with Crippen LogP contribution in [0.5, 0.6) is 0 Å². The molecular weight excluding hydrogens is 234 g/mol. The highest BCUT2D eigenvalue weighted by atomic mass is 19.1. The lowest BCUT2D eigenvalue weighted by Gasteiger charge is -2.15. The summed E-state index contributed by atoms with van der Waals surface area (Å²) in [5, 5.41) is 3.12. The number of benzene rings is 1. The van der Waals surface area contributed by atoms with E-state index < -0.39 is 0 Å². The SMILES string of the molecule is CNC(Cc1ccc(F)cc1)c1ccc(F)cn1. The molecule has 1 unspecified atom stereocenters. The molecule has 0 radical (unpaired) electrons. The van der Waals surface area contributed by atoms with Crippen LogP contribution in [-0.4, -0.2) is 12.0 Å². The van der Waals surface area contributed by atoms with Gasteiger partial charge in [0, 0.05) is 0 Å². The van der Waals surface area contributed by atoms with Gasteiger partial charge in [-0.1, -0.05) is 12.1 Å². The summed E-state index contributed by atoms with van der Waals surface area (Å²) in [6.45, 7) is 0. The lowest BCUT2D eigenvalue weighted by molar-refractivity contribution is 0.564. The Bertz CT molecular complexity index is 494. The summed E-state index contributed by atoms with van der Waals surface area (Å²) in [5.41, 5.74) is 1.77. The van der Waals surface area contributed by atoms with Gasteiger partial charge in [-0.15, -0.1) is 0 Å². The fourth-order valence-electron chi connectivity index (χ4n) is 1.80.